The van der Waals surface area contributed by atoms with E-state index in [1.54, 1.807) is 0 Å². The number of amides is 2. The molecule has 1 atom stereocenters. The van der Waals surface area contributed by atoms with E-state index in [1.807, 2.05) is 47.0 Å². The predicted octanol–water partition coefficient (Wildman–Crippen LogP) is 3.03. The zero-order valence-electron chi connectivity index (χ0n) is 14.4. The molecule has 1 saturated carbocycles. The molecule has 2 fully saturated rings. The average molecular weight is 341 g/mol. The Bertz CT molecular complexity index is 755. The van der Waals surface area contributed by atoms with Crippen molar-refractivity contribution in [2.45, 2.75) is 38.1 Å². The van der Waals surface area contributed by atoms with E-state index in [9.17, 15) is 4.79 Å². The fourth-order valence-corrected chi connectivity index (χ4v) is 3.22. The normalized spacial score (nSPS) is 19.9. The summed E-state index contributed by atoms with van der Waals surface area (Å²) in [5.74, 6) is 1.30. The molecule has 2 amide bonds. The second-order valence-corrected chi connectivity index (χ2v) is 6.65. The SMILES string of the molecule is CCOc1ccccc1NC(=O)N1CC[C@@H](n2cc(C3CC3)nn2)C1. The van der Waals surface area contributed by atoms with Gasteiger partial charge < -0.3 is 15.0 Å². The van der Waals surface area contributed by atoms with Crippen molar-refractivity contribution in [2.24, 2.45) is 0 Å². The van der Waals surface area contributed by atoms with Gasteiger partial charge in [0.2, 0.25) is 0 Å². The maximum absolute atomic E-state index is 12.6. The van der Waals surface area contributed by atoms with E-state index in [0.717, 1.165) is 12.1 Å². The predicted molar refractivity (Wildman–Crippen MR) is 93.9 cm³/mol. The quantitative estimate of drug-likeness (QED) is 0.907. The van der Waals surface area contributed by atoms with Gasteiger partial charge in [-0.3, -0.25) is 0 Å². The van der Waals surface area contributed by atoms with Gasteiger partial charge in [-0.25, -0.2) is 9.48 Å². The van der Waals surface area contributed by atoms with Crippen molar-refractivity contribution in [1.29, 1.82) is 0 Å². The molecule has 25 heavy (non-hydrogen) atoms. The van der Waals surface area contributed by atoms with Crippen LogP contribution in [0.15, 0.2) is 30.5 Å². The molecule has 1 aromatic heterocycles. The molecule has 7 heteroatoms. The van der Waals surface area contributed by atoms with Gasteiger partial charge in [0.1, 0.15) is 5.75 Å². The third kappa shape index (κ3) is 3.45. The van der Waals surface area contributed by atoms with Crippen LogP contribution in [-0.4, -0.2) is 45.6 Å². The summed E-state index contributed by atoms with van der Waals surface area (Å²) in [6, 6.07) is 7.61. The number of para-hydroxylation sites is 2. The second-order valence-electron chi connectivity index (χ2n) is 6.65. The Labute approximate surface area is 147 Å². The van der Waals surface area contributed by atoms with E-state index >= 15 is 0 Å². The number of hydrogen-bond donors (Lipinski definition) is 1. The number of aromatic nitrogens is 3. The minimum Gasteiger partial charge on any atom is -0.492 e. The lowest BCUT2D eigenvalue weighted by Gasteiger charge is -2.18. The summed E-state index contributed by atoms with van der Waals surface area (Å²) in [5.41, 5.74) is 1.79. The zero-order valence-corrected chi connectivity index (χ0v) is 14.4. The molecule has 1 aromatic carbocycles. The van der Waals surface area contributed by atoms with E-state index in [1.165, 1.54) is 12.8 Å². The number of carbonyl (C=O) groups excluding carboxylic acids is 1. The van der Waals surface area contributed by atoms with Gasteiger partial charge in [0.25, 0.3) is 0 Å². The van der Waals surface area contributed by atoms with Gasteiger partial charge in [-0.1, -0.05) is 17.3 Å². The molecule has 1 N–H and O–H groups in total. The highest BCUT2D eigenvalue weighted by atomic mass is 16.5. The topological polar surface area (TPSA) is 72.3 Å². The van der Waals surface area contributed by atoms with Crippen molar-refractivity contribution in [2.75, 3.05) is 25.0 Å². The summed E-state index contributed by atoms with van der Waals surface area (Å²) in [6.07, 6.45) is 5.39. The maximum Gasteiger partial charge on any atom is 0.322 e. The third-order valence-corrected chi connectivity index (χ3v) is 4.78. The largest absolute Gasteiger partial charge is 0.492 e. The molecule has 2 aromatic rings. The van der Waals surface area contributed by atoms with Crippen molar-refractivity contribution in [3.8, 4) is 5.75 Å². The van der Waals surface area contributed by atoms with Crippen LogP contribution in [0.2, 0.25) is 0 Å². The first-order valence-electron chi connectivity index (χ1n) is 8.94. The van der Waals surface area contributed by atoms with E-state index in [2.05, 4.69) is 15.6 Å². The van der Waals surface area contributed by atoms with Crippen molar-refractivity contribution in [3.05, 3.63) is 36.2 Å². The third-order valence-electron chi connectivity index (χ3n) is 4.78. The van der Waals surface area contributed by atoms with Crippen LogP contribution in [-0.2, 0) is 0 Å². The van der Waals surface area contributed by atoms with Crippen molar-refractivity contribution in [1.82, 2.24) is 19.9 Å². The Kier molecular flexibility index (Phi) is 4.29. The van der Waals surface area contributed by atoms with Gasteiger partial charge in [-0.2, -0.15) is 0 Å². The van der Waals surface area contributed by atoms with Gasteiger partial charge in [-0.05, 0) is 38.3 Å². The standard InChI is InChI=1S/C18H23N5O2/c1-2-25-17-6-4-3-5-15(17)19-18(24)22-10-9-14(11-22)23-12-16(20-21-23)13-7-8-13/h3-6,12-14H,2,7-11H2,1H3,(H,19,24)/t14-/m1/s1. The first-order valence-corrected chi connectivity index (χ1v) is 8.94. The smallest absolute Gasteiger partial charge is 0.322 e. The molecule has 2 aliphatic rings. The van der Waals surface area contributed by atoms with Crippen LogP contribution in [0, 0.1) is 0 Å². The highest BCUT2D eigenvalue weighted by Gasteiger charge is 2.31. The molecule has 0 spiro atoms. The molecule has 7 nitrogen and oxygen atoms in total. The summed E-state index contributed by atoms with van der Waals surface area (Å²) in [7, 11) is 0. The first-order chi connectivity index (χ1) is 12.2. The number of anilines is 1. The van der Waals surface area contributed by atoms with Crippen LogP contribution in [0.25, 0.3) is 0 Å². The number of nitrogens with one attached hydrogen (secondary N) is 1. The number of hydrogen-bond acceptors (Lipinski definition) is 4. The number of rotatable bonds is 5. The molecule has 1 aliphatic carbocycles. The van der Waals surface area contributed by atoms with E-state index in [-0.39, 0.29) is 12.1 Å². The fraction of sp³-hybridized carbons (Fsp3) is 0.500. The maximum atomic E-state index is 12.6. The summed E-state index contributed by atoms with van der Waals surface area (Å²) in [5, 5.41) is 11.5. The summed E-state index contributed by atoms with van der Waals surface area (Å²) in [6.45, 7) is 3.86. The molecule has 1 aliphatic heterocycles. The first kappa shape index (κ1) is 15.9. The Morgan fingerprint density at radius 2 is 2.16 bits per heavy atom. The van der Waals surface area contributed by atoms with Crippen LogP contribution in [0.5, 0.6) is 5.75 Å². The molecule has 4 rings (SSSR count). The van der Waals surface area contributed by atoms with Gasteiger partial charge in [0.15, 0.2) is 0 Å². The second kappa shape index (κ2) is 6.74. The summed E-state index contributed by atoms with van der Waals surface area (Å²) >= 11 is 0. The number of urea groups is 1. The van der Waals surface area contributed by atoms with Crippen molar-refractivity contribution >= 4 is 11.7 Å². The van der Waals surface area contributed by atoms with Gasteiger partial charge in [0.05, 0.1) is 24.0 Å². The van der Waals surface area contributed by atoms with Gasteiger partial charge in [0, 0.05) is 25.2 Å². The Hall–Kier alpha value is -2.57. The molecular formula is C18H23N5O2. The van der Waals surface area contributed by atoms with E-state index < -0.39 is 0 Å². The molecule has 0 bridgehead atoms. The molecule has 2 heterocycles. The van der Waals surface area contributed by atoms with Gasteiger partial charge >= 0.3 is 6.03 Å². The zero-order chi connectivity index (χ0) is 17.2. The number of carbonyl (C=O) groups is 1. The Balaban J connectivity index is 1.38. The number of likely N-dealkylation sites (tertiary alicyclic amines) is 1. The molecule has 132 valence electrons. The minimum absolute atomic E-state index is 0.0998. The highest BCUT2D eigenvalue weighted by molar-refractivity contribution is 5.91. The van der Waals surface area contributed by atoms with Gasteiger partial charge in [-0.15, -0.1) is 5.10 Å². The minimum atomic E-state index is -0.0998. The molecular weight excluding hydrogens is 318 g/mol. The van der Waals surface area contributed by atoms with Crippen molar-refractivity contribution in [3.63, 3.8) is 0 Å². The number of nitrogens with zero attached hydrogens (tertiary/aromatic N) is 4. The average Bonchev–Trinajstić information content (AvgIpc) is 3.15. The van der Waals surface area contributed by atoms with E-state index in [4.69, 9.17) is 4.74 Å². The summed E-state index contributed by atoms with van der Waals surface area (Å²) in [4.78, 5) is 14.4. The fourth-order valence-electron chi connectivity index (χ4n) is 3.22. The number of ether oxygens (including phenoxy) is 1. The Morgan fingerprint density at radius 1 is 1.32 bits per heavy atom. The molecule has 0 unspecified atom stereocenters. The number of benzene rings is 1. The molecule has 1 saturated heterocycles. The van der Waals surface area contributed by atoms with Crippen molar-refractivity contribution < 1.29 is 9.53 Å². The highest BCUT2D eigenvalue weighted by Crippen LogP contribution is 2.39. The monoisotopic (exact) mass is 341 g/mol. The van der Waals surface area contributed by atoms with Crippen LogP contribution in [0.1, 0.15) is 43.8 Å². The lowest BCUT2D eigenvalue weighted by Crippen LogP contribution is -2.33. The van der Waals surface area contributed by atoms with E-state index in [0.29, 0.717) is 37.1 Å². The van der Waals surface area contributed by atoms with Crippen LogP contribution >= 0.6 is 0 Å². The van der Waals surface area contributed by atoms with Crippen LogP contribution in [0.3, 0.4) is 0 Å². The van der Waals surface area contributed by atoms with Crippen LogP contribution < -0.4 is 10.1 Å². The lowest BCUT2D eigenvalue weighted by molar-refractivity contribution is 0.220. The lowest BCUT2D eigenvalue weighted by atomic mass is 10.2. The Morgan fingerprint density at radius 3 is 2.96 bits per heavy atom. The summed E-state index contributed by atoms with van der Waals surface area (Å²) < 4.78 is 7.49. The molecule has 0 radical (unpaired) electrons. The van der Waals surface area contributed by atoms with Crippen LogP contribution in [0.4, 0.5) is 10.5 Å².